The molecule has 0 aliphatic carbocycles. The Morgan fingerprint density at radius 1 is 0.420 bits per heavy atom. The van der Waals surface area contributed by atoms with Crippen LogP contribution >= 0.6 is 0 Å². The van der Waals surface area contributed by atoms with Gasteiger partial charge in [-0.3, -0.25) is 0 Å². The molecule has 0 fully saturated rings. The molecule has 0 saturated heterocycles. The highest BCUT2D eigenvalue weighted by molar-refractivity contribution is 6.39. The minimum absolute atomic E-state index is 0.155. The van der Waals surface area contributed by atoms with Gasteiger partial charge in [-0.15, -0.1) is 0 Å². The van der Waals surface area contributed by atoms with Gasteiger partial charge in [0.2, 0.25) is 0 Å². The van der Waals surface area contributed by atoms with Gasteiger partial charge in [-0.05, 0) is 62.4 Å². The Morgan fingerprint density at radius 3 is 1.08 bits per heavy atom. The largest absolute Gasteiger partial charge is 0.864 e. The van der Waals surface area contributed by atoms with E-state index in [1.807, 2.05) is 0 Å². The summed E-state index contributed by atoms with van der Waals surface area (Å²) in [6.07, 6.45) is -35.1. The maximum Gasteiger partial charge on any atom is 0.864 e. The molecule has 0 saturated carbocycles. The Labute approximate surface area is 267 Å². The first-order chi connectivity index (χ1) is 22.4. The average Bonchev–Trinajstić information content (AvgIpc) is 2.90. The van der Waals surface area contributed by atoms with Gasteiger partial charge in [-0.2, -0.15) is 79.0 Å². The first kappa shape index (κ1) is 40.1. The molecule has 0 spiro atoms. The van der Waals surface area contributed by atoms with E-state index in [4.69, 9.17) is 9.39 Å². The summed E-state index contributed by atoms with van der Waals surface area (Å²) in [5.74, 6) is -7.65. The molecule has 3 rings (SSSR count). The molecule has 0 N–H and O–H groups in total. The number of rotatable bonds is 8. The maximum absolute atomic E-state index is 13.9. The Kier molecular flexibility index (Phi) is 10.8. The summed E-state index contributed by atoms with van der Waals surface area (Å²) < 4.78 is 265. The molecule has 0 atom stereocenters. The monoisotopic (exact) mass is 756 g/mol. The molecule has 4 nitrogen and oxygen atoms in total. The highest BCUT2D eigenvalue weighted by atomic mass is 19.4. The fourth-order valence-corrected chi connectivity index (χ4v) is 3.87. The van der Waals surface area contributed by atoms with Gasteiger partial charge in [0.25, 0.3) is 0 Å². The third-order valence-electron chi connectivity index (χ3n) is 5.94. The van der Waals surface area contributed by atoms with E-state index in [2.05, 4.69) is 9.31 Å². The molecule has 50 heavy (non-hydrogen) atoms. The SMILES string of the molecule is CC(C)Oc1c(OB(Oc2cc(C(F)(F)F)ccc2C(F)(F)F)Oc2cc(C(F)(F)F)ccc2C(F)(F)F)cc(C(F)(F)F)cc1C(F)(F)F. The Balaban J connectivity index is 2.41. The van der Waals surface area contributed by atoms with Crippen LogP contribution in [0.3, 0.4) is 0 Å². The van der Waals surface area contributed by atoms with Crippen LogP contribution in [-0.2, 0) is 37.1 Å². The molecule has 0 radical (unpaired) electrons. The van der Waals surface area contributed by atoms with Crippen LogP contribution in [0, 0.1) is 0 Å². The first-order valence-electron chi connectivity index (χ1n) is 12.9. The number of hydrogen-bond acceptors (Lipinski definition) is 4. The summed E-state index contributed by atoms with van der Waals surface area (Å²) in [5, 5.41) is 0. The fourth-order valence-electron chi connectivity index (χ4n) is 3.87. The minimum atomic E-state index is -5.75. The van der Waals surface area contributed by atoms with Crippen LogP contribution in [0.2, 0.25) is 0 Å². The van der Waals surface area contributed by atoms with Crippen molar-refractivity contribution in [2.45, 2.75) is 57.0 Å². The van der Waals surface area contributed by atoms with Gasteiger partial charge in [-0.25, -0.2) is 0 Å². The second-order valence-corrected chi connectivity index (χ2v) is 10.1. The number of hydrogen-bond donors (Lipinski definition) is 0. The topological polar surface area (TPSA) is 36.9 Å². The summed E-state index contributed by atoms with van der Waals surface area (Å²) in [4.78, 5) is 0. The van der Waals surface area contributed by atoms with Crippen LogP contribution in [0.1, 0.15) is 47.2 Å². The Hall–Kier alpha value is -4.34. The third kappa shape index (κ3) is 9.89. The molecule has 3 aromatic rings. The van der Waals surface area contributed by atoms with E-state index >= 15 is 0 Å². The van der Waals surface area contributed by atoms with Gasteiger partial charge in [0.15, 0.2) is 5.75 Å². The van der Waals surface area contributed by atoms with Crippen LogP contribution < -0.4 is 18.7 Å². The molecule has 23 heteroatoms. The zero-order valence-electron chi connectivity index (χ0n) is 24.2. The van der Waals surface area contributed by atoms with Crippen LogP contribution in [-0.4, -0.2) is 13.4 Å². The predicted octanol–water partition coefficient (Wildman–Crippen LogP) is 11.1. The number of ether oxygens (including phenoxy) is 1. The zero-order valence-corrected chi connectivity index (χ0v) is 24.2. The Morgan fingerprint density at radius 2 is 0.760 bits per heavy atom. The van der Waals surface area contributed by atoms with Crippen molar-refractivity contribution in [1.29, 1.82) is 0 Å². The van der Waals surface area contributed by atoms with E-state index in [-0.39, 0.29) is 30.3 Å². The van der Waals surface area contributed by atoms with Gasteiger partial charge in [0.05, 0.1) is 33.9 Å². The highest BCUT2D eigenvalue weighted by Gasteiger charge is 2.46. The van der Waals surface area contributed by atoms with E-state index in [1.165, 1.54) is 0 Å². The molecule has 0 unspecified atom stereocenters. The van der Waals surface area contributed by atoms with Crippen molar-refractivity contribution >= 4 is 7.32 Å². The number of halogens is 18. The van der Waals surface area contributed by atoms with Crippen molar-refractivity contribution in [2.75, 3.05) is 0 Å². The van der Waals surface area contributed by atoms with Crippen LogP contribution in [0.25, 0.3) is 0 Å². The van der Waals surface area contributed by atoms with Crippen LogP contribution in [0.4, 0.5) is 79.0 Å². The molecule has 0 aliphatic heterocycles. The number of alkyl halides is 18. The molecule has 0 amide bonds. The lowest BCUT2D eigenvalue weighted by Crippen LogP contribution is -2.38. The fraction of sp³-hybridized carbons (Fsp3) is 0.333. The summed E-state index contributed by atoms with van der Waals surface area (Å²) in [7, 11) is -3.59. The second kappa shape index (κ2) is 13.4. The zero-order chi connectivity index (χ0) is 38.4. The summed E-state index contributed by atoms with van der Waals surface area (Å²) in [6.45, 7) is 2.01. The van der Waals surface area contributed by atoms with E-state index in [9.17, 15) is 79.0 Å². The summed E-state index contributed by atoms with van der Waals surface area (Å²) in [6, 6.07) is -2.60. The lowest BCUT2D eigenvalue weighted by atomic mass is 10.0. The molecule has 0 aromatic heterocycles. The van der Waals surface area contributed by atoms with Gasteiger partial charge in [0.1, 0.15) is 22.8 Å². The van der Waals surface area contributed by atoms with Crippen molar-refractivity contribution in [1.82, 2.24) is 0 Å². The van der Waals surface area contributed by atoms with E-state index in [1.54, 1.807) is 0 Å². The van der Waals surface area contributed by atoms with E-state index in [0.717, 1.165) is 13.8 Å². The van der Waals surface area contributed by atoms with Crippen molar-refractivity contribution in [3.05, 3.63) is 81.9 Å². The first-order valence-corrected chi connectivity index (χ1v) is 12.9. The molecular weight excluding hydrogens is 741 g/mol. The van der Waals surface area contributed by atoms with E-state index < -0.39 is 125 Å². The minimum Gasteiger partial charge on any atom is -0.489 e. The molecule has 276 valence electrons. The van der Waals surface area contributed by atoms with Crippen molar-refractivity contribution in [3.8, 4) is 23.0 Å². The highest BCUT2D eigenvalue weighted by Crippen LogP contribution is 2.48. The van der Waals surface area contributed by atoms with Crippen molar-refractivity contribution < 1.29 is 97.7 Å². The van der Waals surface area contributed by atoms with Crippen LogP contribution in [0.15, 0.2) is 48.5 Å². The smallest absolute Gasteiger partial charge is 0.489 e. The third-order valence-corrected chi connectivity index (χ3v) is 5.94. The molecule has 0 bridgehead atoms. The summed E-state index contributed by atoms with van der Waals surface area (Å²) >= 11 is 0. The molecule has 0 heterocycles. The summed E-state index contributed by atoms with van der Waals surface area (Å²) in [5.41, 5.74) is -12.8. The molecular formula is C27H15BF18O4. The average molecular weight is 756 g/mol. The lowest BCUT2D eigenvalue weighted by molar-refractivity contribution is -0.144. The maximum atomic E-state index is 13.9. The predicted molar refractivity (Wildman–Crippen MR) is 133 cm³/mol. The normalized spacial score (nSPS) is 13.4. The van der Waals surface area contributed by atoms with E-state index in [0.29, 0.717) is 0 Å². The van der Waals surface area contributed by atoms with Crippen LogP contribution in [0.5, 0.6) is 23.0 Å². The second-order valence-electron chi connectivity index (χ2n) is 10.1. The molecule has 3 aromatic carbocycles. The number of benzene rings is 3. The van der Waals surface area contributed by atoms with Crippen molar-refractivity contribution in [3.63, 3.8) is 0 Å². The van der Waals surface area contributed by atoms with Gasteiger partial charge < -0.3 is 18.7 Å². The standard InChI is InChI=1S/C27H15BF18O4/c1-11(2)47-21-17(27(44,45)46)7-14(24(35,36)37)10-20(21)50-28(48-18-8-12(22(29,30)31)3-5-15(18)25(38,39)40)49-19-9-13(23(32,33)34)4-6-16(19)26(41,42)43/h3-11H,1-2H3. The van der Waals surface area contributed by atoms with Gasteiger partial charge in [0, 0.05) is 0 Å². The molecule has 0 aliphatic rings. The van der Waals surface area contributed by atoms with Crippen molar-refractivity contribution in [2.24, 2.45) is 0 Å². The Bertz CT molecular complexity index is 1590. The van der Waals surface area contributed by atoms with Gasteiger partial charge in [-0.1, -0.05) is 0 Å². The quantitative estimate of drug-likeness (QED) is 0.169. The lowest BCUT2D eigenvalue weighted by Gasteiger charge is -2.25. The van der Waals surface area contributed by atoms with Gasteiger partial charge >= 0.3 is 44.4 Å².